The molecule has 4 nitrogen and oxygen atoms in total. The van der Waals surface area contributed by atoms with Gasteiger partial charge in [0.2, 0.25) is 0 Å². The summed E-state index contributed by atoms with van der Waals surface area (Å²) in [6.45, 7) is 3.67. The lowest BCUT2D eigenvalue weighted by Gasteiger charge is -2.14. The Morgan fingerprint density at radius 2 is 2.00 bits per heavy atom. The summed E-state index contributed by atoms with van der Waals surface area (Å²) in [5, 5.41) is 5.36. The number of nitrogens with zero attached hydrogens (tertiary/aromatic N) is 2. The number of halogens is 2. The van der Waals surface area contributed by atoms with E-state index in [1.807, 2.05) is 19.9 Å². The van der Waals surface area contributed by atoms with Crippen molar-refractivity contribution in [3.63, 3.8) is 0 Å². The molecular formula is C17H14ClFN2O2. The van der Waals surface area contributed by atoms with Crippen LogP contribution >= 0.6 is 11.6 Å². The van der Waals surface area contributed by atoms with Crippen LogP contribution in [0.5, 0.6) is 5.75 Å². The summed E-state index contributed by atoms with van der Waals surface area (Å²) >= 11 is 6.00. The van der Waals surface area contributed by atoms with E-state index in [1.54, 1.807) is 18.2 Å². The lowest BCUT2D eigenvalue weighted by molar-refractivity contribution is 0.242. The zero-order valence-electron chi connectivity index (χ0n) is 12.6. The van der Waals surface area contributed by atoms with Gasteiger partial charge in [-0.1, -0.05) is 29.8 Å². The van der Waals surface area contributed by atoms with Crippen LogP contribution < -0.4 is 10.3 Å². The Morgan fingerprint density at radius 1 is 1.26 bits per heavy atom. The summed E-state index contributed by atoms with van der Waals surface area (Å²) in [6, 6.07) is 9.53. The molecule has 3 aromatic rings. The zero-order chi connectivity index (χ0) is 16.6. The first-order valence-electron chi connectivity index (χ1n) is 7.10. The molecule has 0 unspecified atom stereocenters. The van der Waals surface area contributed by atoms with E-state index in [4.69, 9.17) is 16.3 Å². The maximum absolute atomic E-state index is 14.3. The second kappa shape index (κ2) is 6.01. The molecule has 23 heavy (non-hydrogen) atoms. The van der Waals surface area contributed by atoms with Crippen LogP contribution in [0.25, 0.3) is 16.5 Å². The van der Waals surface area contributed by atoms with Crippen LogP contribution in [0.2, 0.25) is 5.02 Å². The molecule has 0 aliphatic rings. The number of rotatable bonds is 3. The van der Waals surface area contributed by atoms with Gasteiger partial charge in [-0.3, -0.25) is 4.79 Å². The van der Waals surface area contributed by atoms with Crippen molar-refractivity contribution in [1.82, 2.24) is 9.78 Å². The van der Waals surface area contributed by atoms with Crippen molar-refractivity contribution in [2.45, 2.75) is 20.0 Å². The molecule has 0 fully saturated rings. The number of fused-ring (bicyclic) bond motifs is 1. The van der Waals surface area contributed by atoms with Crippen LogP contribution in [-0.2, 0) is 0 Å². The Bertz CT molecular complexity index is 938. The van der Waals surface area contributed by atoms with Crippen molar-refractivity contribution < 1.29 is 9.13 Å². The molecular weight excluding hydrogens is 319 g/mol. The standard InChI is InChI=1S/C17H14ClFN2O2/c1-10(2)23-16-8-15(14(19)7-13(16)18)21-17(22)12-6-4-3-5-11(12)9-20-21/h3-10H,1-2H3. The Labute approximate surface area is 137 Å². The summed E-state index contributed by atoms with van der Waals surface area (Å²) in [7, 11) is 0. The molecule has 0 radical (unpaired) electrons. The Balaban J connectivity index is 2.22. The molecule has 0 amide bonds. The first-order chi connectivity index (χ1) is 11.0. The van der Waals surface area contributed by atoms with E-state index in [9.17, 15) is 9.18 Å². The Kier molecular flexibility index (Phi) is 4.05. The highest BCUT2D eigenvalue weighted by molar-refractivity contribution is 6.32. The van der Waals surface area contributed by atoms with Gasteiger partial charge in [0.25, 0.3) is 5.56 Å². The van der Waals surface area contributed by atoms with Crippen LogP contribution in [0.15, 0.2) is 47.4 Å². The molecule has 118 valence electrons. The summed E-state index contributed by atoms with van der Waals surface area (Å²) in [4.78, 5) is 12.6. The summed E-state index contributed by atoms with van der Waals surface area (Å²) in [5.74, 6) is -0.337. The molecule has 0 atom stereocenters. The zero-order valence-corrected chi connectivity index (χ0v) is 13.3. The minimum absolute atomic E-state index is 0.000744. The molecule has 1 aromatic heterocycles. The largest absolute Gasteiger partial charge is 0.489 e. The third kappa shape index (κ3) is 2.92. The van der Waals surface area contributed by atoms with Crippen LogP contribution in [0, 0.1) is 5.82 Å². The predicted octanol–water partition coefficient (Wildman–Crippen LogP) is 3.97. The quantitative estimate of drug-likeness (QED) is 0.729. The molecule has 3 rings (SSSR count). The fraction of sp³-hybridized carbons (Fsp3) is 0.176. The van der Waals surface area contributed by atoms with E-state index >= 15 is 0 Å². The Hall–Kier alpha value is -2.40. The molecule has 1 heterocycles. The van der Waals surface area contributed by atoms with Crippen molar-refractivity contribution in [2.75, 3.05) is 0 Å². The van der Waals surface area contributed by atoms with E-state index in [-0.39, 0.29) is 16.8 Å². The highest BCUT2D eigenvalue weighted by Gasteiger charge is 2.15. The molecule has 0 saturated carbocycles. The second-order valence-corrected chi connectivity index (χ2v) is 5.76. The smallest absolute Gasteiger partial charge is 0.279 e. The Morgan fingerprint density at radius 3 is 2.74 bits per heavy atom. The van der Waals surface area contributed by atoms with E-state index in [0.29, 0.717) is 16.5 Å². The fourth-order valence-electron chi connectivity index (χ4n) is 2.29. The van der Waals surface area contributed by atoms with Gasteiger partial charge in [0.1, 0.15) is 11.4 Å². The molecule has 0 aliphatic carbocycles. The molecule has 6 heteroatoms. The number of aromatic nitrogens is 2. The lowest BCUT2D eigenvalue weighted by Crippen LogP contribution is -2.22. The minimum Gasteiger partial charge on any atom is -0.489 e. The van der Waals surface area contributed by atoms with Gasteiger partial charge < -0.3 is 4.74 Å². The number of hydrogen-bond donors (Lipinski definition) is 0. The molecule has 0 aliphatic heterocycles. The molecule has 0 N–H and O–H groups in total. The first-order valence-corrected chi connectivity index (χ1v) is 7.48. The van der Waals surface area contributed by atoms with Gasteiger partial charge >= 0.3 is 0 Å². The molecule has 0 bridgehead atoms. The SMILES string of the molecule is CC(C)Oc1cc(-n2ncc3ccccc3c2=O)c(F)cc1Cl. The molecule has 0 spiro atoms. The van der Waals surface area contributed by atoms with Crippen LogP contribution in [0.1, 0.15) is 13.8 Å². The fourth-order valence-corrected chi connectivity index (χ4v) is 2.48. The van der Waals surface area contributed by atoms with Gasteiger partial charge in [-0.2, -0.15) is 9.78 Å². The van der Waals surface area contributed by atoms with E-state index < -0.39 is 11.4 Å². The van der Waals surface area contributed by atoms with E-state index in [2.05, 4.69) is 5.10 Å². The topological polar surface area (TPSA) is 44.1 Å². The molecule has 2 aromatic carbocycles. The number of ether oxygens (including phenoxy) is 1. The predicted molar refractivity (Wildman–Crippen MR) is 88.1 cm³/mol. The monoisotopic (exact) mass is 332 g/mol. The minimum atomic E-state index is -0.643. The van der Waals surface area contributed by atoms with Gasteiger partial charge in [-0.25, -0.2) is 4.39 Å². The van der Waals surface area contributed by atoms with Crippen molar-refractivity contribution in [3.8, 4) is 11.4 Å². The molecule has 0 saturated heterocycles. The van der Waals surface area contributed by atoms with E-state index in [1.165, 1.54) is 12.3 Å². The summed E-state index contributed by atoms with van der Waals surface area (Å²) < 4.78 is 20.9. The van der Waals surface area contributed by atoms with Gasteiger partial charge in [0, 0.05) is 11.5 Å². The maximum Gasteiger partial charge on any atom is 0.279 e. The van der Waals surface area contributed by atoms with Gasteiger partial charge in [0.15, 0.2) is 5.82 Å². The highest BCUT2D eigenvalue weighted by Crippen LogP contribution is 2.30. The van der Waals surface area contributed by atoms with Crippen LogP contribution in [0.3, 0.4) is 0 Å². The van der Waals surface area contributed by atoms with Crippen molar-refractivity contribution >= 4 is 22.4 Å². The highest BCUT2D eigenvalue weighted by atomic mass is 35.5. The van der Waals surface area contributed by atoms with Crippen LogP contribution in [-0.4, -0.2) is 15.9 Å². The average molecular weight is 333 g/mol. The maximum atomic E-state index is 14.3. The van der Waals surface area contributed by atoms with E-state index in [0.717, 1.165) is 10.7 Å². The lowest BCUT2D eigenvalue weighted by atomic mass is 10.2. The first kappa shape index (κ1) is 15.5. The van der Waals surface area contributed by atoms with Gasteiger partial charge in [0.05, 0.1) is 22.7 Å². The van der Waals surface area contributed by atoms with Crippen molar-refractivity contribution in [2.24, 2.45) is 0 Å². The number of benzene rings is 2. The average Bonchev–Trinajstić information content (AvgIpc) is 2.51. The van der Waals surface area contributed by atoms with Crippen LogP contribution in [0.4, 0.5) is 4.39 Å². The van der Waals surface area contributed by atoms with Crippen molar-refractivity contribution in [3.05, 3.63) is 63.8 Å². The van der Waals surface area contributed by atoms with Gasteiger partial charge in [-0.15, -0.1) is 0 Å². The third-order valence-electron chi connectivity index (χ3n) is 3.29. The van der Waals surface area contributed by atoms with Gasteiger partial charge in [-0.05, 0) is 26.0 Å². The number of hydrogen-bond acceptors (Lipinski definition) is 3. The summed E-state index contributed by atoms with van der Waals surface area (Å²) in [5.41, 5.74) is -0.402. The second-order valence-electron chi connectivity index (χ2n) is 5.35. The normalized spacial score (nSPS) is 11.2. The summed E-state index contributed by atoms with van der Waals surface area (Å²) in [6.07, 6.45) is 1.39. The third-order valence-corrected chi connectivity index (χ3v) is 3.58. The van der Waals surface area contributed by atoms with Crippen molar-refractivity contribution in [1.29, 1.82) is 0 Å².